The first-order valence-corrected chi connectivity index (χ1v) is 4.86. The number of benzene rings is 1. The molecule has 2 aromatic rings. The van der Waals surface area contributed by atoms with Gasteiger partial charge < -0.3 is 4.74 Å². The van der Waals surface area contributed by atoms with Gasteiger partial charge in [0.05, 0.1) is 6.61 Å². The number of hydrogen-bond donors (Lipinski definition) is 0. The smallest absolute Gasteiger partial charge is 0.123 e. The number of ether oxygens (including phenoxy) is 1. The predicted octanol–water partition coefficient (Wildman–Crippen LogP) is 2.48. The van der Waals surface area contributed by atoms with E-state index in [-0.39, 0.29) is 0 Å². The van der Waals surface area contributed by atoms with Gasteiger partial charge in [-0.25, -0.2) is 0 Å². The second-order valence-electron chi connectivity index (χ2n) is 3.63. The van der Waals surface area contributed by atoms with E-state index in [0.717, 1.165) is 24.5 Å². The van der Waals surface area contributed by atoms with Gasteiger partial charge in [-0.1, -0.05) is 0 Å². The molecule has 1 aliphatic rings. The van der Waals surface area contributed by atoms with Crippen LogP contribution in [0.25, 0.3) is 10.8 Å². The van der Waals surface area contributed by atoms with Crippen molar-refractivity contribution in [1.29, 1.82) is 0 Å². The van der Waals surface area contributed by atoms with E-state index in [4.69, 9.17) is 4.74 Å². The lowest BCUT2D eigenvalue weighted by Crippen LogP contribution is -1.87. The maximum Gasteiger partial charge on any atom is 0.123 e. The van der Waals surface area contributed by atoms with E-state index in [2.05, 4.69) is 23.2 Å². The molecule has 0 unspecified atom stereocenters. The van der Waals surface area contributed by atoms with Gasteiger partial charge in [-0.2, -0.15) is 0 Å². The highest BCUT2D eigenvalue weighted by atomic mass is 16.5. The van der Waals surface area contributed by atoms with Crippen molar-refractivity contribution in [1.82, 2.24) is 4.98 Å². The molecule has 0 spiro atoms. The van der Waals surface area contributed by atoms with E-state index in [9.17, 15) is 0 Å². The molecule has 1 aromatic carbocycles. The minimum atomic E-state index is 0.815. The Morgan fingerprint density at radius 1 is 1.21 bits per heavy atom. The molecule has 2 heteroatoms. The summed E-state index contributed by atoms with van der Waals surface area (Å²) in [6, 6.07) is 6.23. The Balaban J connectivity index is 2.44. The average Bonchev–Trinajstić information content (AvgIpc) is 2.66. The number of pyridine rings is 1. The summed E-state index contributed by atoms with van der Waals surface area (Å²) in [6.07, 6.45) is 2.90. The topological polar surface area (TPSA) is 22.1 Å². The summed E-state index contributed by atoms with van der Waals surface area (Å²) < 4.78 is 5.53. The Morgan fingerprint density at radius 3 is 3.07 bits per heavy atom. The van der Waals surface area contributed by atoms with Crippen molar-refractivity contribution < 1.29 is 4.74 Å². The minimum absolute atomic E-state index is 0.815. The summed E-state index contributed by atoms with van der Waals surface area (Å²) in [4.78, 5) is 4.29. The lowest BCUT2D eigenvalue weighted by Gasteiger charge is -2.05. The van der Waals surface area contributed by atoms with Gasteiger partial charge in [-0.3, -0.25) is 4.98 Å². The molecule has 2 nitrogen and oxygen atoms in total. The van der Waals surface area contributed by atoms with Crippen LogP contribution in [0.15, 0.2) is 24.4 Å². The number of hydrogen-bond acceptors (Lipinski definition) is 2. The molecule has 1 aromatic heterocycles. The maximum atomic E-state index is 5.53. The molecular formula is C12H11NO. The Kier molecular flexibility index (Phi) is 1.51. The molecule has 0 fully saturated rings. The monoisotopic (exact) mass is 185 g/mol. The van der Waals surface area contributed by atoms with Gasteiger partial charge in [0, 0.05) is 29.3 Å². The molecule has 0 radical (unpaired) electrons. The van der Waals surface area contributed by atoms with Crippen LogP contribution in [0.3, 0.4) is 0 Å². The largest absolute Gasteiger partial charge is 0.493 e. The van der Waals surface area contributed by atoms with Crippen molar-refractivity contribution in [2.24, 2.45) is 0 Å². The third kappa shape index (κ3) is 0.939. The molecule has 3 rings (SSSR count). The van der Waals surface area contributed by atoms with Crippen LogP contribution in [-0.2, 0) is 6.42 Å². The van der Waals surface area contributed by atoms with E-state index in [1.807, 2.05) is 13.1 Å². The Labute approximate surface area is 82.5 Å². The van der Waals surface area contributed by atoms with Gasteiger partial charge >= 0.3 is 0 Å². The highest BCUT2D eigenvalue weighted by Crippen LogP contribution is 2.32. The molecular weight excluding hydrogens is 174 g/mol. The molecule has 0 saturated heterocycles. The van der Waals surface area contributed by atoms with Gasteiger partial charge in [0.2, 0.25) is 0 Å². The summed E-state index contributed by atoms with van der Waals surface area (Å²) in [6.45, 7) is 2.86. The first-order chi connectivity index (χ1) is 6.86. The lowest BCUT2D eigenvalue weighted by atomic mass is 10.0. The zero-order chi connectivity index (χ0) is 9.54. The number of rotatable bonds is 0. The molecule has 70 valence electrons. The van der Waals surface area contributed by atoms with E-state index in [0.29, 0.717) is 0 Å². The summed E-state index contributed by atoms with van der Waals surface area (Å²) in [5, 5.41) is 2.55. The fourth-order valence-electron chi connectivity index (χ4n) is 2.10. The normalized spacial score (nSPS) is 14.1. The molecule has 0 amide bonds. The lowest BCUT2D eigenvalue weighted by molar-refractivity contribution is 0.357. The van der Waals surface area contributed by atoms with Gasteiger partial charge in [-0.05, 0) is 30.5 Å². The highest BCUT2D eigenvalue weighted by Gasteiger charge is 2.15. The van der Waals surface area contributed by atoms with Crippen LogP contribution in [0.1, 0.15) is 11.3 Å². The van der Waals surface area contributed by atoms with Crippen LogP contribution in [-0.4, -0.2) is 11.6 Å². The van der Waals surface area contributed by atoms with Crippen LogP contribution in [0.2, 0.25) is 0 Å². The Bertz CT molecular complexity index is 505. The minimum Gasteiger partial charge on any atom is -0.493 e. The van der Waals surface area contributed by atoms with Gasteiger partial charge in [0.1, 0.15) is 5.75 Å². The first-order valence-electron chi connectivity index (χ1n) is 4.86. The standard InChI is InChI=1S/C12H11NO/c1-8-9-2-3-12-11(5-7-14-12)10(9)4-6-13-8/h2-4,6H,5,7H2,1H3. The second-order valence-corrected chi connectivity index (χ2v) is 3.63. The number of aromatic nitrogens is 1. The quantitative estimate of drug-likeness (QED) is 0.629. The van der Waals surface area contributed by atoms with Gasteiger partial charge in [-0.15, -0.1) is 0 Å². The van der Waals surface area contributed by atoms with E-state index in [1.165, 1.54) is 16.3 Å². The molecule has 0 aliphatic carbocycles. The SMILES string of the molecule is Cc1nccc2c3c(ccc12)OCC3. The van der Waals surface area contributed by atoms with Crippen LogP contribution >= 0.6 is 0 Å². The van der Waals surface area contributed by atoms with Crippen LogP contribution in [0.4, 0.5) is 0 Å². The fraction of sp³-hybridized carbons (Fsp3) is 0.250. The van der Waals surface area contributed by atoms with Crippen LogP contribution in [0, 0.1) is 6.92 Å². The van der Waals surface area contributed by atoms with Crippen molar-refractivity contribution >= 4 is 10.8 Å². The molecule has 0 N–H and O–H groups in total. The predicted molar refractivity (Wildman–Crippen MR) is 55.7 cm³/mol. The number of aryl methyl sites for hydroxylation is 1. The summed E-state index contributed by atoms with van der Waals surface area (Å²) in [7, 11) is 0. The summed E-state index contributed by atoms with van der Waals surface area (Å²) in [5.74, 6) is 1.04. The van der Waals surface area contributed by atoms with Crippen LogP contribution in [0.5, 0.6) is 5.75 Å². The Hall–Kier alpha value is -1.57. The molecule has 1 aliphatic heterocycles. The van der Waals surface area contributed by atoms with Crippen molar-refractivity contribution in [3.05, 3.63) is 35.7 Å². The molecule has 2 heterocycles. The van der Waals surface area contributed by atoms with Crippen molar-refractivity contribution in [2.45, 2.75) is 13.3 Å². The van der Waals surface area contributed by atoms with Gasteiger partial charge in [0.25, 0.3) is 0 Å². The zero-order valence-corrected chi connectivity index (χ0v) is 8.08. The van der Waals surface area contributed by atoms with E-state index in [1.54, 1.807) is 0 Å². The summed E-state index contributed by atoms with van der Waals surface area (Å²) >= 11 is 0. The summed E-state index contributed by atoms with van der Waals surface area (Å²) in [5.41, 5.74) is 2.44. The highest BCUT2D eigenvalue weighted by molar-refractivity contribution is 5.89. The van der Waals surface area contributed by atoms with Crippen molar-refractivity contribution in [2.75, 3.05) is 6.61 Å². The number of fused-ring (bicyclic) bond motifs is 3. The third-order valence-electron chi connectivity index (χ3n) is 2.82. The second kappa shape index (κ2) is 2.71. The molecule has 14 heavy (non-hydrogen) atoms. The van der Waals surface area contributed by atoms with Crippen LogP contribution < -0.4 is 4.74 Å². The van der Waals surface area contributed by atoms with Crippen molar-refractivity contribution in [3.8, 4) is 5.75 Å². The van der Waals surface area contributed by atoms with E-state index >= 15 is 0 Å². The van der Waals surface area contributed by atoms with Crippen molar-refractivity contribution in [3.63, 3.8) is 0 Å². The average molecular weight is 185 g/mol. The zero-order valence-electron chi connectivity index (χ0n) is 8.08. The molecule has 0 atom stereocenters. The third-order valence-corrected chi connectivity index (χ3v) is 2.82. The van der Waals surface area contributed by atoms with E-state index < -0.39 is 0 Å². The first kappa shape index (κ1) is 7.80. The Morgan fingerprint density at radius 2 is 2.14 bits per heavy atom. The molecule has 0 bridgehead atoms. The fourth-order valence-corrected chi connectivity index (χ4v) is 2.10. The maximum absolute atomic E-state index is 5.53. The van der Waals surface area contributed by atoms with Gasteiger partial charge in [0.15, 0.2) is 0 Å². The molecule has 0 saturated carbocycles. The number of nitrogens with zero attached hydrogens (tertiary/aromatic N) is 1.